The predicted octanol–water partition coefficient (Wildman–Crippen LogP) is 2.11. The van der Waals surface area contributed by atoms with E-state index in [2.05, 4.69) is 5.32 Å². The van der Waals surface area contributed by atoms with Gasteiger partial charge in [-0.3, -0.25) is 0 Å². The Balaban J connectivity index is 1.85. The number of ether oxygens (including phenoxy) is 1. The lowest BCUT2D eigenvalue weighted by Gasteiger charge is -2.12. The van der Waals surface area contributed by atoms with Gasteiger partial charge in [0.25, 0.3) is 0 Å². The molecular formula is C14H17NO3. The first kappa shape index (κ1) is 12.7. The summed E-state index contributed by atoms with van der Waals surface area (Å²) in [6, 6.07) is 9.34. The van der Waals surface area contributed by atoms with Crippen molar-refractivity contribution in [2.75, 3.05) is 13.7 Å². The molecule has 1 atom stereocenters. The third-order valence-corrected chi connectivity index (χ3v) is 2.73. The number of aliphatic hydroxyl groups excluding tert-OH is 1. The third-order valence-electron chi connectivity index (χ3n) is 2.73. The minimum atomic E-state index is -0.549. The summed E-state index contributed by atoms with van der Waals surface area (Å²) < 4.78 is 10.1. The molecular weight excluding hydrogens is 230 g/mol. The molecule has 0 radical (unpaired) electrons. The van der Waals surface area contributed by atoms with Gasteiger partial charge in [-0.1, -0.05) is 12.1 Å². The van der Waals surface area contributed by atoms with Crippen LogP contribution in [-0.2, 0) is 6.54 Å². The molecule has 1 unspecified atom stereocenters. The molecule has 0 saturated carbocycles. The van der Waals surface area contributed by atoms with Crippen LogP contribution in [0.5, 0.6) is 5.75 Å². The van der Waals surface area contributed by atoms with E-state index < -0.39 is 6.10 Å². The van der Waals surface area contributed by atoms with Crippen molar-refractivity contribution in [2.24, 2.45) is 0 Å². The van der Waals surface area contributed by atoms with Crippen LogP contribution in [0.15, 0.2) is 47.3 Å². The Morgan fingerprint density at radius 3 is 3.00 bits per heavy atom. The molecule has 1 aromatic carbocycles. The quantitative estimate of drug-likeness (QED) is 0.821. The maximum Gasteiger partial charge on any atom is 0.119 e. The van der Waals surface area contributed by atoms with Gasteiger partial charge in [-0.15, -0.1) is 0 Å². The number of hydrogen-bond acceptors (Lipinski definition) is 4. The second kappa shape index (κ2) is 6.23. The molecule has 0 spiro atoms. The van der Waals surface area contributed by atoms with Crippen LogP contribution in [0.1, 0.15) is 17.2 Å². The van der Waals surface area contributed by atoms with Crippen molar-refractivity contribution in [1.29, 1.82) is 0 Å². The fourth-order valence-electron chi connectivity index (χ4n) is 1.71. The molecule has 96 valence electrons. The lowest BCUT2D eigenvalue weighted by molar-refractivity contribution is 0.174. The smallest absolute Gasteiger partial charge is 0.119 e. The summed E-state index contributed by atoms with van der Waals surface area (Å²) in [5.41, 5.74) is 1.90. The lowest BCUT2D eigenvalue weighted by Crippen LogP contribution is -2.20. The molecule has 2 N–H and O–H groups in total. The Bertz CT molecular complexity index is 468. The van der Waals surface area contributed by atoms with Crippen LogP contribution in [0.3, 0.4) is 0 Å². The summed E-state index contributed by atoms with van der Waals surface area (Å²) >= 11 is 0. The van der Waals surface area contributed by atoms with Gasteiger partial charge in [0.1, 0.15) is 5.75 Å². The highest BCUT2D eigenvalue weighted by molar-refractivity contribution is 5.29. The normalized spacial score (nSPS) is 12.3. The van der Waals surface area contributed by atoms with E-state index >= 15 is 0 Å². The fraction of sp³-hybridized carbons (Fsp3) is 0.286. The van der Waals surface area contributed by atoms with E-state index in [4.69, 9.17) is 9.15 Å². The number of nitrogens with one attached hydrogen (secondary N) is 1. The van der Waals surface area contributed by atoms with E-state index in [1.54, 1.807) is 19.6 Å². The van der Waals surface area contributed by atoms with Gasteiger partial charge in [0.2, 0.25) is 0 Å². The van der Waals surface area contributed by atoms with Crippen molar-refractivity contribution < 1.29 is 14.3 Å². The van der Waals surface area contributed by atoms with Gasteiger partial charge in [-0.25, -0.2) is 0 Å². The fourth-order valence-corrected chi connectivity index (χ4v) is 1.71. The van der Waals surface area contributed by atoms with Gasteiger partial charge in [0.05, 0.1) is 25.7 Å². The zero-order valence-corrected chi connectivity index (χ0v) is 10.3. The number of furan rings is 1. The molecule has 18 heavy (non-hydrogen) atoms. The van der Waals surface area contributed by atoms with Crippen molar-refractivity contribution in [3.63, 3.8) is 0 Å². The summed E-state index contributed by atoms with van der Waals surface area (Å²) in [6.45, 7) is 1.16. The molecule has 0 fully saturated rings. The Kier molecular flexibility index (Phi) is 4.39. The van der Waals surface area contributed by atoms with Gasteiger partial charge in [0, 0.05) is 18.7 Å². The highest BCUT2D eigenvalue weighted by Crippen LogP contribution is 2.18. The van der Waals surface area contributed by atoms with E-state index in [9.17, 15) is 5.11 Å². The highest BCUT2D eigenvalue weighted by atomic mass is 16.5. The topological polar surface area (TPSA) is 54.6 Å². The third kappa shape index (κ3) is 3.35. The molecule has 1 heterocycles. The molecule has 0 aliphatic carbocycles. The summed E-state index contributed by atoms with van der Waals surface area (Å²) in [5, 5.41) is 13.2. The molecule has 0 saturated heterocycles. The summed E-state index contributed by atoms with van der Waals surface area (Å²) in [7, 11) is 1.61. The average molecular weight is 247 g/mol. The van der Waals surface area contributed by atoms with Crippen LogP contribution in [0.25, 0.3) is 0 Å². The van der Waals surface area contributed by atoms with Gasteiger partial charge in [0.15, 0.2) is 0 Å². The summed E-state index contributed by atoms with van der Waals surface area (Å²) in [4.78, 5) is 0. The maximum absolute atomic E-state index is 10.0. The standard InChI is InChI=1S/C14H17NO3/c1-17-13-4-2-3-12(7-13)14(16)9-15-8-11-5-6-18-10-11/h2-7,10,14-16H,8-9H2,1H3. The molecule has 0 aliphatic rings. The largest absolute Gasteiger partial charge is 0.497 e. The summed E-state index contributed by atoms with van der Waals surface area (Å²) in [6.07, 6.45) is 2.77. The van der Waals surface area contributed by atoms with Crippen LogP contribution in [-0.4, -0.2) is 18.8 Å². The first-order chi connectivity index (χ1) is 8.79. The van der Waals surface area contributed by atoms with Crippen LogP contribution >= 0.6 is 0 Å². The van der Waals surface area contributed by atoms with Gasteiger partial charge in [-0.05, 0) is 23.8 Å². The minimum Gasteiger partial charge on any atom is -0.497 e. The number of aliphatic hydroxyl groups is 1. The zero-order chi connectivity index (χ0) is 12.8. The van der Waals surface area contributed by atoms with E-state index in [0.717, 1.165) is 16.9 Å². The molecule has 4 heteroatoms. The predicted molar refractivity (Wildman–Crippen MR) is 68.4 cm³/mol. The van der Waals surface area contributed by atoms with Crippen LogP contribution in [0.2, 0.25) is 0 Å². The molecule has 1 aromatic heterocycles. The van der Waals surface area contributed by atoms with Crippen LogP contribution in [0.4, 0.5) is 0 Å². The van der Waals surface area contributed by atoms with E-state index in [0.29, 0.717) is 13.1 Å². The molecule has 2 aromatic rings. The monoisotopic (exact) mass is 247 g/mol. The van der Waals surface area contributed by atoms with E-state index in [1.807, 2.05) is 30.3 Å². The van der Waals surface area contributed by atoms with Crippen molar-refractivity contribution >= 4 is 0 Å². The van der Waals surface area contributed by atoms with E-state index in [1.165, 1.54) is 0 Å². The summed E-state index contributed by atoms with van der Waals surface area (Å²) in [5.74, 6) is 0.751. The first-order valence-electron chi connectivity index (χ1n) is 5.83. The Morgan fingerprint density at radius 2 is 2.28 bits per heavy atom. The first-order valence-corrected chi connectivity index (χ1v) is 5.83. The second-order valence-corrected chi connectivity index (χ2v) is 4.05. The van der Waals surface area contributed by atoms with Gasteiger partial charge in [-0.2, -0.15) is 0 Å². The van der Waals surface area contributed by atoms with Crippen molar-refractivity contribution in [2.45, 2.75) is 12.6 Å². The van der Waals surface area contributed by atoms with Gasteiger partial charge < -0.3 is 19.6 Å². The molecule has 2 rings (SSSR count). The Labute approximate surface area is 106 Å². The average Bonchev–Trinajstić information content (AvgIpc) is 2.92. The Morgan fingerprint density at radius 1 is 1.39 bits per heavy atom. The van der Waals surface area contributed by atoms with Crippen molar-refractivity contribution in [1.82, 2.24) is 5.32 Å². The highest BCUT2D eigenvalue weighted by Gasteiger charge is 2.07. The van der Waals surface area contributed by atoms with Gasteiger partial charge >= 0.3 is 0 Å². The molecule has 4 nitrogen and oxygen atoms in total. The van der Waals surface area contributed by atoms with E-state index in [-0.39, 0.29) is 0 Å². The number of hydrogen-bond donors (Lipinski definition) is 2. The molecule has 0 aliphatic heterocycles. The SMILES string of the molecule is COc1cccc(C(O)CNCc2ccoc2)c1. The second-order valence-electron chi connectivity index (χ2n) is 4.05. The van der Waals surface area contributed by atoms with Crippen molar-refractivity contribution in [3.05, 3.63) is 54.0 Å². The number of methoxy groups -OCH3 is 1. The van der Waals surface area contributed by atoms with Crippen LogP contribution in [0, 0.1) is 0 Å². The van der Waals surface area contributed by atoms with Crippen LogP contribution < -0.4 is 10.1 Å². The maximum atomic E-state index is 10.0. The zero-order valence-electron chi connectivity index (χ0n) is 10.3. The minimum absolute atomic E-state index is 0.484. The molecule has 0 amide bonds. The number of benzene rings is 1. The Hall–Kier alpha value is -1.78. The number of rotatable bonds is 6. The van der Waals surface area contributed by atoms with Crippen molar-refractivity contribution in [3.8, 4) is 5.75 Å². The molecule has 0 bridgehead atoms. The lowest BCUT2D eigenvalue weighted by atomic mass is 10.1.